The highest BCUT2D eigenvalue weighted by molar-refractivity contribution is 5.83. The van der Waals surface area contributed by atoms with Crippen LogP contribution in [0.2, 0.25) is 0 Å². The average molecular weight is 278 g/mol. The molecule has 0 bridgehead atoms. The van der Waals surface area contributed by atoms with Gasteiger partial charge in [-0.3, -0.25) is 10.1 Å². The third-order valence-corrected chi connectivity index (χ3v) is 3.20. The highest BCUT2D eigenvalue weighted by Crippen LogP contribution is 2.30. The molecule has 1 aromatic heterocycles. The molecule has 0 saturated heterocycles. The highest BCUT2D eigenvalue weighted by atomic mass is 16.6. The number of anilines is 1. The van der Waals surface area contributed by atoms with Crippen molar-refractivity contribution in [3.63, 3.8) is 0 Å². The van der Waals surface area contributed by atoms with Gasteiger partial charge in [-0.05, 0) is 18.9 Å². The quantitative estimate of drug-likeness (QED) is 0.600. The second-order valence-corrected chi connectivity index (χ2v) is 4.14. The van der Waals surface area contributed by atoms with E-state index in [-0.39, 0.29) is 24.2 Å². The molecule has 8 nitrogen and oxygen atoms in total. The molecule has 2 N–H and O–H groups in total. The zero-order valence-electron chi connectivity index (χ0n) is 11.1. The van der Waals surface area contributed by atoms with E-state index in [0.29, 0.717) is 0 Å². The topological polar surface area (TPSA) is 129 Å². The Bertz CT molecular complexity index is 575. The highest BCUT2D eigenvalue weighted by Gasteiger charge is 2.37. The normalized spacial score (nSPS) is 10.7. The van der Waals surface area contributed by atoms with E-state index in [0.717, 1.165) is 0 Å². The monoisotopic (exact) mass is 278 g/mol. The van der Waals surface area contributed by atoms with Gasteiger partial charge in [-0.15, -0.1) is 0 Å². The van der Waals surface area contributed by atoms with Crippen LogP contribution in [-0.2, 0) is 4.79 Å². The number of hydrogen-bond donors (Lipinski definition) is 2. The molecule has 8 heteroatoms. The minimum Gasteiger partial charge on any atom is -0.480 e. The smallest absolute Gasteiger partial charge is 0.329 e. The van der Waals surface area contributed by atoms with Crippen molar-refractivity contribution in [1.82, 2.24) is 4.98 Å². The summed E-state index contributed by atoms with van der Waals surface area (Å²) >= 11 is 0. The van der Waals surface area contributed by atoms with Crippen molar-refractivity contribution < 1.29 is 14.8 Å². The lowest BCUT2D eigenvalue weighted by atomic mass is 9.93. The summed E-state index contributed by atoms with van der Waals surface area (Å²) in [5.41, 5.74) is -2.03. The molecular formula is C12H14N4O4. The summed E-state index contributed by atoms with van der Waals surface area (Å²) in [4.78, 5) is 25.5. The SMILES string of the molecule is CCC(CC)(Nc1nccc(C#N)c1[N+](=O)[O-])C(=O)O. The molecule has 0 spiro atoms. The molecular weight excluding hydrogens is 264 g/mol. The molecule has 0 atom stereocenters. The molecule has 0 saturated carbocycles. The largest absolute Gasteiger partial charge is 0.480 e. The molecule has 0 aliphatic rings. The van der Waals surface area contributed by atoms with E-state index in [1.807, 2.05) is 0 Å². The Hall–Kier alpha value is -2.69. The molecule has 0 amide bonds. The number of aromatic nitrogens is 1. The lowest BCUT2D eigenvalue weighted by molar-refractivity contribution is -0.384. The number of hydrogen-bond acceptors (Lipinski definition) is 6. The lowest BCUT2D eigenvalue weighted by Gasteiger charge is -2.28. The predicted molar refractivity (Wildman–Crippen MR) is 70.2 cm³/mol. The average Bonchev–Trinajstić information content (AvgIpc) is 2.43. The number of nitrogens with one attached hydrogen (secondary N) is 1. The Labute approximate surface area is 115 Å². The van der Waals surface area contributed by atoms with Gasteiger partial charge in [-0.2, -0.15) is 5.26 Å². The van der Waals surface area contributed by atoms with Crippen LogP contribution in [0.5, 0.6) is 0 Å². The molecule has 0 radical (unpaired) electrons. The number of carboxylic acids is 1. The van der Waals surface area contributed by atoms with Crippen LogP contribution in [-0.4, -0.2) is 26.5 Å². The number of nitrogens with zero attached hydrogens (tertiary/aromatic N) is 3. The van der Waals surface area contributed by atoms with Gasteiger partial charge < -0.3 is 10.4 Å². The second-order valence-electron chi connectivity index (χ2n) is 4.14. The minimum absolute atomic E-state index is 0.168. The molecule has 0 aliphatic carbocycles. The molecule has 0 aromatic carbocycles. The number of carbonyl (C=O) groups is 1. The maximum absolute atomic E-state index is 11.4. The maximum atomic E-state index is 11.4. The van der Waals surface area contributed by atoms with E-state index >= 15 is 0 Å². The summed E-state index contributed by atoms with van der Waals surface area (Å²) in [5, 5.41) is 31.9. The number of pyridine rings is 1. The Morgan fingerprint density at radius 2 is 2.20 bits per heavy atom. The van der Waals surface area contributed by atoms with Gasteiger partial charge in [-0.25, -0.2) is 9.78 Å². The molecule has 0 aliphatic heterocycles. The van der Waals surface area contributed by atoms with E-state index in [1.54, 1.807) is 19.9 Å². The van der Waals surface area contributed by atoms with Crippen LogP contribution in [0.4, 0.5) is 11.5 Å². The molecule has 1 heterocycles. The number of aliphatic carboxylic acids is 1. The van der Waals surface area contributed by atoms with Crippen molar-refractivity contribution in [2.45, 2.75) is 32.2 Å². The van der Waals surface area contributed by atoms with Gasteiger partial charge in [0.15, 0.2) is 0 Å². The van der Waals surface area contributed by atoms with E-state index in [2.05, 4.69) is 10.3 Å². The van der Waals surface area contributed by atoms with E-state index < -0.39 is 22.1 Å². The van der Waals surface area contributed by atoms with Crippen molar-refractivity contribution in [3.05, 3.63) is 27.9 Å². The van der Waals surface area contributed by atoms with Gasteiger partial charge in [0.05, 0.1) is 4.92 Å². The fourth-order valence-corrected chi connectivity index (χ4v) is 1.83. The number of nitriles is 1. The first kappa shape index (κ1) is 15.4. The van der Waals surface area contributed by atoms with Crippen molar-refractivity contribution in [3.8, 4) is 6.07 Å². The van der Waals surface area contributed by atoms with Crippen LogP contribution in [0.3, 0.4) is 0 Å². The van der Waals surface area contributed by atoms with Crippen LogP contribution in [0.15, 0.2) is 12.3 Å². The number of nitro groups is 1. The molecule has 106 valence electrons. The Morgan fingerprint density at radius 1 is 1.60 bits per heavy atom. The first-order valence-corrected chi connectivity index (χ1v) is 5.97. The van der Waals surface area contributed by atoms with Crippen LogP contribution in [0.25, 0.3) is 0 Å². The van der Waals surface area contributed by atoms with Crippen molar-refractivity contribution in [2.75, 3.05) is 5.32 Å². The Kier molecular flexibility index (Phi) is 4.59. The summed E-state index contributed by atoms with van der Waals surface area (Å²) in [6, 6.07) is 2.91. The molecule has 1 rings (SSSR count). The maximum Gasteiger partial charge on any atom is 0.329 e. The first-order chi connectivity index (χ1) is 9.41. The fourth-order valence-electron chi connectivity index (χ4n) is 1.83. The first-order valence-electron chi connectivity index (χ1n) is 5.97. The molecule has 20 heavy (non-hydrogen) atoms. The van der Waals surface area contributed by atoms with Crippen LogP contribution in [0.1, 0.15) is 32.3 Å². The zero-order chi connectivity index (χ0) is 15.3. The Morgan fingerprint density at radius 3 is 2.60 bits per heavy atom. The molecule has 0 fully saturated rings. The van der Waals surface area contributed by atoms with E-state index in [4.69, 9.17) is 5.26 Å². The predicted octanol–water partition coefficient (Wildman–Crippen LogP) is 1.92. The third kappa shape index (κ3) is 2.66. The molecule has 1 aromatic rings. The van der Waals surface area contributed by atoms with Crippen LogP contribution in [0, 0.1) is 21.4 Å². The summed E-state index contributed by atoms with van der Waals surface area (Å²) in [7, 11) is 0. The fraction of sp³-hybridized carbons (Fsp3) is 0.417. The second kappa shape index (κ2) is 5.97. The van der Waals surface area contributed by atoms with Crippen LogP contribution < -0.4 is 5.32 Å². The van der Waals surface area contributed by atoms with Crippen molar-refractivity contribution in [1.29, 1.82) is 5.26 Å². The summed E-state index contributed by atoms with van der Waals surface area (Å²) in [5.74, 6) is -1.33. The van der Waals surface area contributed by atoms with Gasteiger partial charge in [-0.1, -0.05) is 13.8 Å². The summed E-state index contributed by atoms with van der Waals surface area (Å²) < 4.78 is 0. The van der Waals surface area contributed by atoms with Crippen molar-refractivity contribution >= 4 is 17.5 Å². The third-order valence-electron chi connectivity index (χ3n) is 3.20. The number of rotatable bonds is 6. The number of carboxylic acid groups (broad SMARTS) is 1. The Balaban J connectivity index is 3.38. The van der Waals surface area contributed by atoms with Gasteiger partial charge in [0.2, 0.25) is 5.82 Å². The van der Waals surface area contributed by atoms with Crippen LogP contribution >= 0.6 is 0 Å². The van der Waals surface area contributed by atoms with Gasteiger partial charge in [0.25, 0.3) is 0 Å². The summed E-state index contributed by atoms with van der Waals surface area (Å²) in [6.07, 6.45) is 1.66. The van der Waals surface area contributed by atoms with Gasteiger partial charge in [0, 0.05) is 6.20 Å². The van der Waals surface area contributed by atoms with Crippen molar-refractivity contribution in [2.24, 2.45) is 0 Å². The van der Waals surface area contributed by atoms with E-state index in [1.165, 1.54) is 12.3 Å². The standard InChI is InChI=1S/C12H14N4O4/c1-3-12(4-2,11(17)18)15-10-9(16(19)20)8(7-13)5-6-14-10/h5-6H,3-4H2,1-2H3,(H,14,15)(H,17,18). The molecule has 0 unspecified atom stereocenters. The van der Waals surface area contributed by atoms with Gasteiger partial charge >= 0.3 is 11.7 Å². The lowest BCUT2D eigenvalue weighted by Crippen LogP contribution is -2.45. The minimum atomic E-state index is -1.36. The van der Waals surface area contributed by atoms with E-state index in [9.17, 15) is 20.0 Å². The summed E-state index contributed by atoms with van der Waals surface area (Å²) in [6.45, 7) is 3.31. The van der Waals surface area contributed by atoms with Gasteiger partial charge in [0.1, 0.15) is 17.2 Å². The zero-order valence-corrected chi connectivity index (χ0v) is 11.1.